The third-order valence-corrected chi connectivity index (χ3v) is 8.07. The summed E-state index contributed by atoms with van der Waals surface area (Å²) in [6, 6.07) is 28.4. The largest absolute Gasteiger partial charge is 0.405 e. The number of fused-ring (bicyclic) bond motifs is 5. The number of para-hydroxylation sites is 1. The Labute approximate surface area is 279 Å². The molecule has 0 atom stereocenters. The number of benzene rings is 4. The third-order valence-electron chi connectivity index (χ3n) is 8.07. The molecule has 0 saturated heterocycles. The molecule has 5 aromatic rings. The summed E-state index contributed by atoms with van der Waals surface area (Å²) in [6.45, 7) is 10.5. The molecule has 0 aliphatic rings. The monoisotopic (exact) mass is 618 g/mol. The van der Waals surface area contributed by atoms with E-state index in [1.165, 1.54) is 46.7 Å². The Bertz CT molecular complexity index is 2060. The Morgan fingerprint density at radius 2 is 1.55 bits per heavy atom. The van der Waals surface area contributed by atoms with Gasteiger partial charge in [0.25, 0.3) is 0 Å². The first-order chi connectivity index (χ1) is 23.0. The Balaban J connectivity index is 0.00000245. The molecular formula is C43H46N4. The van der Waals surface area contributed by atoms with Crippen LogP contribution in [0, 0.1) is 5.41 Å². The fourth-order valence-corrected chi connectivity index (χ4v) is 5.74. The maximum Gasteiger partial charge on any atom is 0.0619 e. The minimum atomic E-state index is 0.754. The second-order valence-electron chi connectivity index (χ2n) is 11.2. The van der Waals surface area contributed by atoms with Gasteiger partial charge in [0, 0.05) is 28.1 Å². The second kappa shape index (κ2) is 16.7. The van der Waals surface area contributed by atoms with E-state index in [4.69, 9.17) is 11.1 Å². The van der Waals surface area contributed by atoms with E-state index >= 15 is 0 Å². The number of allylic oxidation sites excluding steroid dienone is 12. The molecule has 0 saturated carbocycles. The highest BCUT2D eigenvalue weighted by Gasteiger charge is 2.16. The van der Waals surface area contributed by atoms with Gasteiger partial charge < -0.3 is 21.4 Å². The summed E-state index contributed by atoms with van der Waals surface area (Å²) >= 11 is 0. The molecule has 0 radical (unpaired) electrons. The highest BCUT2D eigenvalue weighted by atomic mass is 15.0. The van der Waals surface area contributed by atoms with Crippen LogP contribution in [0.5, 0.6) is 0 Å². The molecule has 5 N–H and O–H groups in total. The number of nitrogens with zero attached hydrogens (tertiary/aromatic N) is 1. The van der Waals surface area contributed by atoms with Gasteiger partial charge in [-0.2, -0.15) is 0 Å². The van der Waals surface area contributed by atoms with Crippen molar-refractivity contribution < 1.29 is 0 Å². The van der Waals surface area contributed by atoms with Crippen LogP contribution in [0.15, 0.2) is 151 Å². The highest BCUT2D eigenvalue weighted by molar-refractivity contribution is 6.19. The maximum absolute atomic E-state index is 8.12. The molecule has 4 heteroatoms. The van der Waals surface area contributed by atoms with Gasteiger partial charge in [0.1, 0.15) is 0 Å². The normalized spacial score (nSPS) is 12.9. The van der Waals surface area contributed by atoms with Crippen molar-refractivity contribution in [2.24, 2.45) is 11.5 Å². The van der Waals surface area contributed by atoms with Gasteiger partial charge in [0.05, 0.1) is 11.0 Å². The number of rotatable bonds is 11. The molecule has 0 unspecified atom stereocenters. The predicted molar refractivity (Wildman–Crippen MR) is 208 cm³/mol. The lowest BCUT2D eigenvalue weighted by Gasteiger charge is -2.12. The van der Waals surface area contributed by atoms with Gasteiger partial charge >= 0.3 is 0 Å². The zero-order valence-corrected chi connectivity index (χ0v) is 28.0. The van der Waals surface area contributed by atoms with Crippen molar-refractivity contribution in [3.63, 3.8) is 0 Å². The summed E-state index contributed by atoms with van der Waals surface area (Å²) in [7, 11) is 1.50. The Morgan fingerprint density at radius 3 is 2.23 bits per heavy atom. The smallest absolute Gasteiger partial charge is 0.0619 e. The van der Waals surface area contributed by atoms with Crippen LogP contribution in [0.3, 0.4) is 0 Å². The molecule has 1 heterocycles. The average molecular weight is 619 g/mol. The third kappa shape index (κ3) is 7.86. The van der Waals surface area contributed by atoms with Crippen LogP contribution in [0.2, 0.25) is 0 Å². The van der Waals surface area contributed by atoms with Gasteiger partial charge in [-0.25, -0.2) is 0 Å². The molecule has 47 heavy (non-hydrogen) atoms. The zero-order valence-electron chi connectivity index (χ0n) is 28.0. The Kier molecular flexibility index (Phi) is 12.3. The fourth-order valence-electron chi connectivity index (χ4n) is 5.74. The quantitative estimate of drug-likeness (QED) is 0.102. The van der Waals surface area contributed by atoms with Gasteiger partial charge in [0.15, 0.2) is 0 Å². The van der Waals surface area contributed by atoms with Crippen molar-refractivity contribution in [2.75, 3.05) is 7.05 Å². The van der Waals surface area contributed by atoms with Crippen molar-refractivity contribution in [1.29, 1.82) is 5.41 Å². The number of nitrogens with one attached hydrogen (secondary N) is 1. The molecule has 0 aliphatic heterocycles. The van der Waals surface area contributed by atoms with Crippen LogP contribution in [0.4, 0.5) is 0 Å². The number of nitrogens with two attached hydrogens (primary N) is 2. The molecular weight excluding hydrogens is 573 g/mol. The van der Waals surface area contributed by atoms with Gasteiger partial charge in [0.2, 0.25) is 0 Å². The van der Waals surface area contributed by atoms with Gasteiger partial charge in [-0.1, -0.05) is 116 Å². The first-order valence-electron chi connectivity index (χ1n) is 16.1. The average Bonchev–Trinajstić information content (AvgIpc) is 3.45. The molecule has 1 aromatic heterocycles. The van der Waals surface area contributed by atoms with E-state index < -0.39 is 0 Å². The molecule has 0 fully saturated rings. The number of hydrogen-bond donors (Lipinski definition) is 3. The van der Waals surface area contributed by atoms with Crippen LogP contribution in [-0.4, -0.2) is 17.8 Å². The predicted octanol–water partition coefficient (Wildman–Crippen LogP) is 10.8. The second-order valence-corrected chi connectivity index (χ2v) is 11.2. The molecule has 0 spiro atoms. The lowest BCUT2D eigenvalue weighted by Crippen LogP contribution is -1.95. The van der Waals surface area contributed by atoms with Crippen molar-refractivity contribution >= 4 is 49.9 Å². The van der Waals surface area contributed by atoms with E-state index in [2.05, 4.69) is 153 Å². The SMILES string of the molecule is C=C(/C=C\CC)/C=C/C(=C\C)c1ccc2c3ccc4cc(/C(C=N)=C/C/C(C)=C/C=C\N)ccc4c3n(-c3ccccc3)c2c1.CN. The summed E-state index contributed by atoms with van der Waals surface area (Å²) < 4.78 is 2.39. The van der Waals surface area contributed by atoms with E-state index in [9.17, 15) is 0 Å². The number of aromatic nitrogens is 1. The minimum absolute atomic E-state index is 0.754. The molecule has 0 amide bonds. The molecule has 238 valence electrons. The zero-order chi connectivity index (χ0) is 33.8. The summed E-state index contributed by atoms with van der Waals surface area (Å²) in [5.74, 6) is 0. The van der Waals surface area contributed by atoms with Crippen molar-refractivity contribution in [2.45, 2.75) is 33.6 Å². The summed E-state index contributed by atoms with van der Waals surface area (Å²) in [5, 5.41) is 12.9. The molecule has 4 nitrogen and oxygen atoms in total. The topological polar surface area (TPSA) is 80.8 Å². The molecule has 5 rings (SSSR count). The van der Waals surface area contributed by atoms with Crippen molar-refractivity contribution in [3.8, 4) is 5.69 Å². The van der Waals surface area contributed by atoms with Crippen molar-refractivity contribution in [1.82, 2.24) is 4.57 Å². The lowest BCUT2D eigenvalue weighted by atomic mass is 9.98. The van der Waals surface area contributed by atoms with Crippen LogP contribution in [-0.2, 0) is 0 Å². The van der Waals surface area contributed by atoms with Crippen LogP contribution in [0.25, 0.3) is 49.4 Å². The summed E-state index contributed by atoms with van der Waals surface area (Å²) in [4.78, 5) is 0. The number of hydrogen-bond acceptors (Lipinski definition) is 3. The van der Waals surface area contributed by atoms with E-state index in [-0.39, 0.29) is 0 Å². The first-order valence-corrected chi connectivity index (χ1v) is 16.1. The van der Waals surface area contributed by atoms with E-state index in [1.54, 1.807) is 0 Å². The maximum atomic E-state index is 8.12. The molecule has 4 aromatic carbocycles. The van der Waals surface area contributed by atoms with E-state index in [0.717, 1.165) is 57.3 Å². The lowest BCUT2D eigenvalue weighted by molar-refractivity contribution is 1.19. The van der Waals surface area contributed by atoms with Crippen LogP contribution >= 0.6 is 0 Å². The van der Waals surface area contributed by atoms with E-state index in [0.29, 0.717) is 0 Å². The van der Waals surface area contributed by atoms with Crippen LogP contribution < -0.4 is 11.5 Å². The molecule has 0 aliphatic carbocycles. The Morgan fingerprint density at radius 1 is 0.851 bits per heavy atom. The minimum Gasteiger partial charge on any atom is -0.405 e. The summed E-state index contributed by atoms with van der Waals surface area (Å²) in [6.07, 6.45) is 21.2. The summed E-state index contributed by atoms with van der Waals surface area (Å²) in [5.41, 5.74) is 19.9. The van der Waals surface area contributed by atoms with E-state index in [1.807, 2.05) is 12.2 Å². The van der Waals surface area contributed by atoms with Crippen molar-refractivity contribution in [3.05, 3.63) is 163 Å². The first kappa shape index (κ1) is 34.4. The highest BCUT2D eigenvalue weighted by Crippen LogP contribution is 2.38. The van der Waals surface area contributed by atoms with Gasteiger partial charge in [-0.05, 0) is 104 Å². The van der Waals surface area contributed by atoms with Crippen LogP contribution in [0.1, 0.15) is 44.7 Å². The molecule has 0 bridgehead atoms. The standard InChI is InChI=1S/C42H41N3.CH5N/c1-5-7-12-30(3)16-18-32(6-2)34-21-24-39-40-25-22-35-27-33(36(29-44)19-17-31(4)13-11-26-43)20-23-38(35)42(40)45(41(39)28-34)37-14-9-8-10-15-37;1-2/h6-16,18-29,44H,3,5,17,43H2,1-2,4H3;2H2,1H3/b12-7-,18-16+,26-11-,31-13+,32-6+,36-19+,44-29?;. The Hall–Kier alpha value is -5.45. The van der Waals surface area contributed by atoms with Gasteiger partial charge in [-0.3, -0.25) is 0 Å². The fraction of sp³-hybridized carbons (Fsp3) is 0.140. The van der Waals surface area contributed by atoms with Gasteiger partial charge in [-0.15, -0.1) is 0 Å².